The lowest BCUT2D eigenvalue weighted by atomic mass is 9.92. The molecule has 0 aliphatic heterocycles. The van der Waals surface area contributed by atoms with Crippen molar-refractivity contribution in [3.05, 3.63) is 34.4 Å². The van der Waals surface area contributed by atoms with Crippen molar-refractivity contribution in [2.75, 3.05) is 14.2 Å². The van der Waals surface area contributed by atoms with Crippen LogP contribution >= 0.6 is 0 Å². The van der Waals surface area contributed by atoms with Crippen LogP contribution in [-0.4, -0.2) is 50.9 Å². The van der Waals surface area contributed by atoms with Gasteiger partial charge in [0.2, 0.25) is 0 Å². The van der Waals surface area contributed by atoms with Crippen LogP contribution < -0.4 is 0 Å². The van der Waals surface area contributed by atoms with Crippen molar-refractivity contribution < 1.29 is 71.7 Å². The number of halogens is 12. The molecular weight excluding hydrogens is 460 g/mol. The van der Waals surface area contributed by atoms with Crippen molar-refractivity contribution in [2.45, 2.75) is 24.7 Å². The first-order valence-corrected chi connectivity index (χ1v) is 6.81. The minimum absolute atomic E-state index is 0.194. The Morgan fingerprint density at radius 2 is 0.800 bits per heavy atom. The maximum atomic E-state index is 13.1. The molecule has 0 aromatic heterocycles. The maximum absolute atomic E-state index is 13.1. The summed E-state index contributed by atoms with van der Waals surface area (Å²) in [5.74, 6) is -5.25. The third kappa shape index (κ3) is 7.98. The Bertz CT molecular complexity index is 696. The van der Waals surface area contributed by atoms with E-state index in [1.807, 2.05) is 0 Å². The van der Waals surface area contributed by atoms with Crippen LogP contribution in [0.2, 0.25) is 0 Å². The lowest BCUT2D eigenvalue weighted by Gasteiger charge is -2.21. The van der Waals surface area contributed by atoms with Crippen molar-refractivity contribution >= 4 is 11.9 Å². The van der Waals surface area contributed by atoms with E-state index in [2.05, 4.69) is 9.47 Å². The summed E-state index contributed by atoms with van der Waals surface area (Å²) in [4.78, 5) is 23.3. The summed E-state index contributed by atoms with van der Waals surface area (Å²) >= 11 is 0. The highest BCUT2D eigenvalue weighted by molar-refractivity contribution is 6.07. The molecule has 0 bridgehead atoms. The number of rotatable bonds is 4. The molecule has 0 radical (unpaired) electrons. The van der Waals surface area contributed by atoms with Crippen LogP contribution in [-0.2, 0) is 19.1 Å². The van der Waals surface area contributed by atoms with Crippen molar-refractivity contribution in [3.63, 3.8) is 0 Å². The summed E-state index contributed by atoms with van der Waals surface area (Å²) < 4.78 is 161. The Morgan fingerprint density at radius 1 is 0.567 bits per heavy atom. The van der Waals surface area contributed by atoms with Crippen molar-refractivity contribution in [1.29, 1.82) is 0 Å². The van der Waals surface area contributed by atoms with Gasteiger partial charge in [-0.15, -0.1) is 0 Å². The van der Waals surface area contributed by atoms with E-state index in [9.17, 15) is 62.3 Å². The number of esters is 2. The molecule has 0 saturated carbocycles. The smallest absolute Gasteiger partial charge is 0.417 e. The molecule has 0 amide bonds. The van der Waals surface area contributed by atoms with Crippen LogP contribution in [0.4, 0.5) is 52.7 Å². The van der Waals surface area contributed by atoms with Crippen molar-refractivity contribution in [1.82, 2.24) is 0 Å². The van der Waals surface area contributed by atoms with Gasteiger partial charge < -0.3 is 9.47 Å². The van der Waals surface area contributed by atoms with E-state index in [0.29, 0.717) is 0 Å². The molecule has 30 heavy (non-hydrogen) atoms. The second-order valence-electron chi connectivity index (χ2n) is 4.93. The van der Waals surface area contributed by atoms with E-state index in [-0.39, 0.29) is 14.2 Å². The first-order chi connectivity index (χ1) is 13.2. The molecular formula is C14H8F12O4. The molecule has 0 N–H and O–H groups in total. The summed E-state index contributed by atoms with van der Waals surface area (Å²) in [7, 11) is 0.388. The van der Waals surface area contributed by atoms with Crippen LogP contribution in [0.1, 0.15) is 0 Å². The molecule has 4 nitrogen and oxygen atoms in total. The normalized spacial score (nSPS) is 15.5. The highest BCUT2D eigenvalue weighted by atomic mass is 19.4. The predicted octanol–water partition coefficient (Wildman–Crippen LogP) is 4.73. The number of methoxy groups -OCH3 is 2. The van der Waals surface area contributed by atoms with Gasteiger partial charge in [-0.25, -0.2) is 9.59 Å². The topological polar surface area (TPSA) is 52.6 Å². The van der Waals surface area contributed by atoms with Gasteiger partial charge in [0.05, 0.1) is 36.5 Å². The summed E-state index contributed by atoms with van der Waals surface area (Å²) in [5.41, 5.74) is -12.0. The monoisotopic (exact) mass is 468 g/mol. The van der Waals surface area contributed by atoms with Gasteiger partial charge in [-0.1, -0.05) is 0 Å². The van der Waals surface area contributed by atoms with E-state index in [0.717, 1.165) is 0 Å². The fourth-order valence-corrected chi connectivity index (χ4v) is 1.82. The highest BCUT2D eigenvalue weighted by Gasteiger charge is 2.50. The number of alkyl halides is 12. The quantitative estimate of drug-likeness (QED) is 0.259. The molecule has 0 unspecified atom stereocenters. The second kappa shape index (κ2) is 8.99. The van der Waals surface area contributed by atoms with Crippen LogP contribution in [0.25, 0.3) is 0 Å². The summed E-state index contributed by atoms with van der Waals surface area (Å²) in [6, 6.07) is 0. The lowest BCUT2D eigenvalue weighted by Crippen LogP contribution is -2.29. The molecule has 0 spiro atoms. The number of allylic oxidation sites excluding steroid dienone is 2. The summed E-state index contributed by atoms with van der Waals surface area (Å²) in [5, 5.41) is 0. The van der Waals surface area contributed by atoms with Crippen molar-refractivity contribution in [3.8, 4) is 0 Å². The van der Waals surface area contributed by atoms with Crippen LogP contribution in [0.5, 0.6) is 0 Å². The Hall–Kier alpha value is -2.68. The summed E-state index contributed by atoms with van der Waals surface area (Å²) in [6.45, 7) is 0. The van der Waals surface area contributed by atoms with Crippen LogP contribution in [0.15, 0.2) is 34.4 Å². The minimum atomic E-state index is -6.27. The van der Waals surface area contributed by atoms with E-state index in [1.54, 1.807) is 0 Å². The van der Waals surface area contributed by atoms with Gasteiger partial charge in [-0.05, 0) is 0 Å². The van der Waals surface area contributed by atoms with Gasteiger partial charge >= 0.3 is 36.6 Å². The number of carbonyl (C=O) groups is 2. The lowest BCUT2D eigenvalue weighted by molar-refractivity contribution is -0.142. The second-order valence-corrected chi connectivity index (χ2v) is 4.93. The van der Waals surface area contributed by atoms with E-state index in [1.165, 1.54) is 0 Å². The van der Waals surface area contributed by atoms with Gasteiger partial charge in [0, 0.05) is 12.2 Å². The Labute approximate surface area is 158 Å². The highest BCUT2D eigenvalue weighted by Crippen LogP contribution is 2.42. The maximum Gasteiger partial charge on any atom is 0.417 e. The van der Waals surface area contributed by atoms with E-state index >= 15 is 0 Å². The minimum Gasteiger partial charge on any atom is -0.465 e. The molecule has 16 heteroatoms. The number of hydrogen-bond donors (Lipinski definition) is 0. The Balaban J connectivity index is 7.86. The standard InChI is InChI=1S/C14H8F12O4/c1-29-9(27)7(5(13(21,22)23)3-11(15,16)17)8(10(28)30-2)6(14(24,25)26)4-12(18,19)20/h3-4H,1-2H3/b5-3+,6-4+,8-7+. The molecule has 0 aromatic carbocycles. The van der Waals surface area contributed by atoms with Crippen molar-refractivity contribution in [2.24, 2.45) is 0 Å². The predicted molar refractivity (Wildman–Crippen MR) is 71.4 cm³/mol. The largest absolute Gasteiger partial charge is 0.465 e. The molecule has 0 aliphatic rings. The fraction of sp³-hybridized carbons (Fsp3) is 0.429. The first-order valence-electron chi connectivity index (χ1n) is 6.81. The molecule has 0 aliphatic carbocycles. The fourth-order valence-electron chi connectivity index (χ4n) is 1.82. The first kappa shape index (κ1) is 27.3. The SMILES string of the molecule is COC(=O)C(/C(=C\C(F)(F)F)C(F)(F)F)=C(C(=O)OC)\C(=C/C(F)(F)F)C(F)(F)F. The summed E-state index contributed by atoms with van der Waals surface area (Å²) in [6.07, 6.45) is -27.8. The Morgan fingerprint density at radius 3 is 0.933 bits per heavy atom. The average molecular weight is 468 g/mol. The average Bonchev–Trinajstić information content (AvgIpc) is 2.51. The molecule has 172 valence electrons. The Kier molecular flexibility index (Phi) is 8.19. The van der Waals surface area contributed by atoms with E-state index < -0.39 is 71.1 Å². The molecule has 0 heterocycles. The van der Waals surface area contributed by atoms with Gasteiger partial charge in [0.25, 0.3) is 0 Å². The third-order valence-electron chi connectivity index (χ3n) is 2.79. The molecule has 0 fully saturated rings. The van der Waals surface area contributed by atoms with Crippen LogP contribution in [0.3, 0.4) is 0 Å². The number of ether oxygens (including phenoxy) is 2. The molecule has 0 aromatic rings. The number of hydrogen-bond acceptors (Lipinski definition) is 4. The molecule has 0 atom stereocenters. The number of carbonyl (C=O) groups excluding carboxylic acids is 2. The third-order valence-corrected chi connectivity index (χ3v) is 2.79. The van der Waals surface area contributed by atoms with E-state index in [4.69, 9.17) is 0 Å². The van der Waals surface area contributed by atoms with Gasteiger partial charge in [-0.3, -0.25) is 0 Å². The van der Waals surface area contributed by atoms with Gasteiger partial charge in [0.15, 0.2) is 0 Å². The van der Waals surface area contributed by atoms with Crippen LogP contribution in [0, 0.1) is 0 Å². The zero-order chi connectivity index (χ0) is 24.3. The molecule has 0 rings (SSSR count). The zero-order valence-electron chi connectivity index (χ0n) is 14.3. The zero-order valence-corrected chi connectivity index (χ0v) is 14.3. The molecule has 0 saturated heterocycles. The van der Waals surface area contributed by atoms with Gasteiger partial charge in [-0.2, -0.15) is 52.7 Å². The van der Waals surface area contributed by atoms with Gasteiger partial charge in [0.1, 0.15) is 0 Å².